The third kappa shape index (κ3) is 6.06. The van der Waals surface area contributed by atoms with Gasteiger partial charge in [0.2, 0.25) is 0 Å². The van der Waals surface area contributed by atoms with E-state index in [1.165, 1.54) is 11.3 Å². The largest absolute Gasteiger partial charge is 0.491 e. The Bertz CT molecular complexity index is 1010. The van der Waals surface area contributed by atoms with E-state index in [9.17, 15) is 9.59 Å². The molecular formula is C24H24N2O3S. The van der Waals surface area contributed by atoms with Gasteiger partial charge >= 0.3 is 0 Å². The van der Waals surface area contributed by atoms with Crippen LogP contribution in [0, 0.1) is 6.92 Å². The van der Waals surface area contributed by atoms with Gasteiger partial charge in [-0.2, -0.15) is 0 Å². The van der Waals surface area contributed by atoms with E-state index in [0.717, 1.165) is 16.2 Å². The van der Waals surface area contributed by atoms with Crippen molar-refractivity contribution in [2.45, 2.75) is 19.9 Å². The van der Waals surface area contributed by atoms with Crippen LogP contribution in [-0.2, 0) is 4.79 Å². The van der Waals surface area contributed by atoms with Crippen LogP contribution in [0.3, 0.4) is 0 Å². The quantitative estimate of drug-likeness (QED) is 0.531. The SMILES string of the molecule is Cc1ccccc1OCC(C)NC(=O)/C(=C/c1cccs1)NC(=O)c1ccccc1. The van der Waals surface area contributed by atoms with Crippen molar-refractivity contribution in [3.8, 4) is 5.75 Å². The zero-order chi connectivity index (χ0) is 21.3. The molecule has 0 bridgehead atoms. The summed E-state index contributed by atoms with van der Waals surface area (Å²) >= 11 is 1.49. The number of nitrogens with one attached hydrogen (secondary N) is 2. The Morgan fingerprint density at radius 2 is 1.77 bits per heavy atom. The van der Waals surface area contributed by atoms with Gasteiger partial charge in [-0.05, 0) is 55.1 Å². The maximum Gasteiger partial charge on any atom is 0.268 e. The summed E-state index contributed by atoms with van der Waals surface area (Å²) in [5.41, 5.74) is 1.71. The number of carbonyl (C=O) groups excluding carboxylic acids is 2. The summed E-state index contributed by atoms with van der Waals surface area (Å²) in [4.78, 5) is 26.3. The van der Waals surface area contributed by atoms with Crippen molar-refractivity contribution in [3.63, 3.8) is 0 Å². The van der Waals surface area contributed by atoms with E-state index in [2.05, 4.69) is 10.6 Å². The first-order chi connectivity index (χ1) is 14.5. The lowest BCUT2D eigenvalue weighted by molar-refractivity contribution is -0.118. The number of aryl methyl sites for hydroxylation is 1. The molecule has 6 heteroatoms. The number of amides is 2. The molecule has 1 heterocycles. The average molecular weight is 421 g/mol. The minimum atomic E-state index is -0.367. The Balaban J connectivity index is 1.67. The normalized spacial score (nSPS) is 12.1. The van der Waals surface area contributed by atoms with Crippen LogP contribution in [0.2, 0.25) is 0 Å². The molecule has 30 heavy (non-hydrogen) atoms. The Morgan fingerprint density at radius 1 is 1.03 bits per heavy atom. The molecule has 1 unspecified atom stereocenters. The maximum atomic E-state index is 12.9. The van der Waals surface area contributed by atoms with Gasteiger partial charge in [-0.3, -0.25) is 9.59 Å². The molecule has 1 atom stereocenters. The van der Waals surface area contributed by atoms with Gasteiger partial charge in [-0.15, -0.1) is 11.3 Å². The molecule has 0 spiro atoms. The van der Waals surface area contributed by atoms with Gasteiger partial charge in [-0.25, -0.2) is 0 Å². The minimum Gasteiger partial charge on any atom is -0.491 e. The molecule has 0 radical (unpaired) electrons. The van der Waals surface area contributed by atoms with Gasteiger partial charge in [0.05, 0.1) is 6.04 Å². The Kier molecular flexibility index (Phi) is 7.40. The molecule has 0 aliphatic heterocycles. The van der Waals surface area contributed by atoms with Crippen LogP contribution in [-0.4, -0.2) is 24.5 Å². The zero-order valence-corrected chi connectivity index (χ0v) is 17.7. The first-order valence-electron chi connectivity index (χ1n) is 9.64. The van der Waals surface area contributed by atoms with Gasteiger partial charge < -0.3 is 15.4 Å². The minimum absolute atomic E-state index is 0.189. The predicted molar refractivity (Wildman–Crippen MR) is 120 cm³/mol. The highest BCUT2D eigenvalue weighted by atomic mass is 32.1. The topological polar surface area (TPSA) is 67.4 Å². The molecule has 0 fully saturated rings. The summed E-state index contributed by atoms with van der Waals surface area (Å²) in [7, 11) is 0. The summed E-state index contributed by atoms with van der Waals surface area (Å²) in [5.74, 6) is 0.0799. The number of hydrogen-bond acceptors (Lipinski definition) is 4. The van der Waals surface area contributed by atoms with Crippen LogP contribution in [0.5, 0.6) is 5.75 Å². The van der Waals surface area contributed by atoms with Crippen molar-refractivity contribution in [2.24, 2.45) is 0 Å². The number of para-hydroxylation sites is 1. The second-order valence-electron chi connectivity index (χ2n) is 6.84. The van der Waals surface area contributed by atoms with E-state index < -0.39 is 0 Å². The second kappa shape index (κ2) is 10.4. The summed E-state index contributed by atoms with van der Waals surface area (Å²) in [6.45, 7) is 4.15. The molecule has 0 saturated heterocycles. The van der Waals surface area contributed by atoms with Crippen LogP contribution >= 0.6 is 11.3 Å². The van der Waals surface area contributed by atoms with Crippen molar-refractivity contribution in [1.29, 1.82) is 0 Å². The molecule has 5 nitrogen and oxygen atoms in total. The molecule has 0 aliphatic rings. The number of hydrogen-bond donors (Lipinski definition) is 2. The first kappa shape index (κ1) is 21.3. The van der Waals surface area contributed by atoms with E-state index in [1.807, 2.05) is 61.7 Å². The van der Waals surface area contributed by atoms with E-state index in [-0.39, 0.29) is 23.6 Å². The van der Waals surface area contributed by atoms with Crippen molar-refractivity contribution < 1.29 is 14.3 Å². The second-order valence-corrected chi connectivity index (χ2v) is 7.82. The third-order valence-corrected chi connectivity index (χ3v) is 5.14. The molecule has 0 saturated carbocycles. The van der Waals surface area contributed by atoms with E-state index in [4.69, 9.17) is 4.74 Å². The van der Waals surface area contributed by atoms with Gasteiger partial charge in [0, 0.05) is 10.4 Å². The summed E-state index contributed by atoms with van der Waals surface area (Å²) < 4.78 is 5.82. The van der Waals surface area contributed by atoms with Crippen LogP contribution < -0.4 is 15.4 Å². The van der Waals surface area contributed by atoms with Crippen LogP contribution in [0.1, 0.15) is 27.7 Å². The fraction of sp³-hybridized carbons (Fsp3) is 0.167. The molecule has 2 amide bonds. The molecule has 154 valence electrons. The van der Waals surface area contributed by atoms with E-state index >= 15 is 0 Å². The predicted octanol–water partition coefficient (Wildman–Crippen LogP) is 4.41. The molecule has 2 N–H and O–H groups in total. The fourth-order valence-electron chi connectivity index (χ4n) is 2.73. The third-order valence-electron chi connectivity index (χ3n) is 4.32. The Labute approximate surface area is 180 Å². The van der Waals surface area contributed by atoms with E-state index in [0.29, 0.717) is 12.2 Å². The lowest BCUT2D eigenvalue weighted by atomic mass is 10.2. The summed E-state index contributed by atoms with van der Waals surface area (Å²) in [6, 6.07) is 20.1. The highest BCUT2D eigenvalue weighted by molar-refractivity contribution is 7.10. The highest BCUT2D eigenvalue weighted by Crippen LogP contribution is 2.16. The number of ether oxygens (including phenoxy) is 1. The lowest BCUT2D eigenvalue weighted by Crippen LogP contribution is -2.41. The maximum absolute atomic E-state index is 12.9. The number of benzene rings is 2. The van der Waals surface area contributed by atoms with Gasteiger partial charge in [0.15, 0.2) is 0 Å². The van der Waals surface area contributed by atoms with Crippen molar-refractivity contribution in [3.05, 3.63) is 93.8 Å². The van der Waals surface area contributed by atoms with Crippen LogP contribution in [0.4, 0.5) is 0 Å². The summed E-state index contributed by atoms with van der Waals surface area (Å²) in [5, 5.41) is 7.55. The Hall–Kier alpha value is -3.38. The standard InChI is InChI=1S/C24H24N2O3S/c1-17-9-6-7-13-22(17)29-16-18(2)25-24(28)21(15-20-12-8-14-30-20)26-23(27)19-10-4-3-5-11-19/h3-15,18H,16H2,1-2H3,(H,25,28)(H,26,27)/b21-15-. The van der Waals surface area contributed by atoms with Gasteiger partial charge in [0.1, 0.15) is 18.1 Å². The molecule has 3 aromatic rings. The number of rotatable bonds is 8. The first-order valence-corrected chi connectivity index (χ1v) is 10.5. The number of thiophene rings is 1. The van der Waals surface area contributed by atoms with Crippen LogP contribution in [0.25, 0.3) is 6.08 Å². The highest BCUT2D eigenvalue weighted by Gasteiger charge is 2.17. The lowest BCUT2D eigenvalue weighted by Gasteiger charge is -2.17. The smallest absolute Gasteiger partial charge is 0.268 e. The van der Waals surface area contributed by atoms with Crippen molar-refractivity contribution >= 4 is 29.2 Å². The molecule has 3 rings (SSSR count). The van der Waals surface area contributed by atoms with Crippen molar-refractivity contribution in [1.82, 2.24) is 10.6 Å². The fourth-order valence-corrected chi connectivity index (χ4v) is 3.39. The van der Waals surface area contributed by atoms with Gasteiger partial charge in [-0.1, -0.05) is 42.5 Å². The molecule has 1 aromatic heterocycles. The summed E-state index contributed by atoms with van der Waals surface area (Å²) in [6.07, 6.45) is 1.68. The van der Waals surface area contributed by atoms with Crippen LogP contribution in [0.15, 0.2) is 77.8 Å². The number of carbonyl (C=O) groups is 2. The molecule has 0 aliphatic carbocycles. The van der Waals surface area contributed by atoms with Gasteiger partial charge in [0.25, 0.3) is 11.8 Å². The molecule has 2 aromatic carbocycles. The van der Waals surface area contributed by atoms with Crippen molar-refractivity contribution in [2.75, 3.05) is 6.61 Å². The Morgan fingerprint density at radius 3 is 2.47 bits per heavy atom. The average Bonchev–Trinajstić information content (AvgIpc) is 3.26. The zero-order valence-electron chi connectivity index (χ0n) is 16.9. The monoisotopic (exact) mass is 420 g/mol. The van der Waals surface area contributed by atoms with E-state index in [1.54, 1.807) is 30.3 Å². The molecular weight excluding hydrogens is 396 g/mol.